The summed E-state index contributed by atoms with van der Waals surface area (Å²) >= 11 is 1.47. The summed E-state index contributed by atoms with van der Waals surface area (Å²) in [5.41, 5.74) is 0.906. The lowest BCUT2D eigenvalue weighted by atomic mass is 10.1. The molecular formula is C11H16N2O3S. The highest BCUT2D eigenvalue weighted by atomic mass is 32.1. The molecule has 1 heterocycles. The van der Waals surface area contributed by atoms with E-state index in [0.717, 1.165) is 10.7 Å². The van der Waals surface area contributed by atoms with E-state index in [0.29, 0.717) is 6.42 Å². The number of carbonyl (C=O) groups excluding carboxylic acids is 1. The molecule has 1 aromatic heterocycles. The Bertz CT molecular complexity index is 417. The minimum atomic E-state index is -1.12. The molecule has 5 nitrogen and oxygen atoms in total. The minimum absolute atomic E-state index is 0.206. The molecule has 2 N–H and O–H groups in total. The van der Waals surface area contributed by atoms with Gasteiger partial charge in [0.25, 0.3) is 0 Å². The maximum atomic E-state index is 11.6. The van der Waals surface area contributed by atoms with Crippen LogP contribution in [0.5, 0.6) is 0 Å². The number of carbonyl (C=O) groups is 2. The molecule has 0 radical (unpaired) electrons. The molecular weight excluding hydrogens is 240 g/mol. The molecule has 0 aliphatic rings. The third-order valence-electron chi connectivity index (χ3n) is 2.42. The van der Waals surface area contributed by atoms with Gasteiger partial charge in [0.05, 0.1) is 6.04 Å². The van der Waals surface area contributed by atoms with Gasteiger partial charge in [-0.1, -0.05) is 6.92 Å². The Hall–Kier alpha value is -1.43. The standard InChI is InChI=1S/C11H16N2O3S/c1-4-8(10-12-6(2)5-17-10)13-9(14)7(3)11(15)16/h5,7-8H,4H2,1-3H3,(H,13,14)(H,15,16). The van der Waals surface area contributed by atoms with E-state index in [9.17, 15) is 9.59 Å². The smallest absolute Gasteiger partial charge is 0.315 e. The van der Waals surface area contributed by atoms with Crippen LogP contribution in [0.15, 0.2) is 5.38 Å². The van der Waals surface area contributed by atoms with Crippen molar-refractivity contribution in [3.05, 3.63) is 16.1 Å². The number of hydrogen-bond acceptors (Lipinski definition) is 4. The fourth-order valence-corrected chi connectivity index (χ4v) is 2.21. The first-order valence-electron chi connectivity index (χ1n) is 5.40. The number of rotatable bonds is 5. The molecule has 0 aromatic carbocycles. The van der Waals surface area contributed by atoms with E-state index >= 15 is 0 Å². The molecule has 0 aliphatic heterocycles. The number of thiazole rings is 1. The Morgan fingerprint density at radius 3 is 2.65 bits per heavy atom. The van der Waals surface area contributed by atoms with Crippen molar-refractivity contribution in [2.45, 2.75) is 33.2 Å². The van der Waals surface area contributed by atoms with Gasteiger partial charge in [-0.05, 0) is 20.3 Å². The van der Waals surface area contributed by atoms with E-state index in [-0.39, 0.29) is 6.04 Å². The predicted molar refractivity (Wildman–Crippen MR) is 64.8 cm³/mol. The lowest BCUT2D eigenvalue weighted by molar-refractivity contribution is -0.146. The molecule has 94 valence electrons. The maximum Gasteiger partial charge on any atom is 0.315 e. The van der Waals surface area contributed by atoms with Crippen molar-refractivity contribution in [2.24, 2.45) is 5.92 Å². The van der Waals surface area contributed by atoms with E-state index in [4.69, 9.17) is 5.11 Å². The first-order chi connectivity index (χ1) is 7.95. The van der Waals surface area contributed by atoms with Crippen molar-refractivity contribution in [1.29, 1.82) is 0 Å². The molecule has 0 saturated carbocycles. The van der Waals surface area contributed by atoms with Gasteiger partial charge in [-0.3, -0.25) is 9.59 Å². The molecule has 1 aromatic rings. The van der Waals surface area contributed by atoms with E-state index in [1.807, 2.05) is 19.2 Å². The molecule has 1 amide bonds. The van der Waals surface area contributed by atoms with E-state index in [1.54, 1.807) is 0 Å². The number of carboxylic acids is 1. The Balaban J connectivity index is 2.71. The summed E-state index contributed by atoms with van der Waals surface area (Å²) in [5.74, 6) is -2.63. The first-order valence-corrected chi connectivity index (χ1v) is 6.28. The van der Waals surface area contributed by atoms with Gasteiger partial charge in [-0.25, -0.2) is 4.98 Å². The number of amides is 1. The third-order valence-corrected chi connectivity index (χ3v) is 3.50. The van der Waals surface area contributed by atoms with Crippen LogP contribution in [0.3, 0.4) is 0 Å². The monoisotopic (exact) mass is 256 g/mol. The van der Waals surface area contributed by atoms with Gasteiger partial charge in [0.15, 0.2) is 0 Å². The molecule has 2 unspecified atom stereocenters. The Morgan fingerprint density at radius 1 is 1.59 bits per heavy atom. The van der Waals surface area contributed by atoms with Gasteiger partial charge in [-0.15, -0.1) is 11.3 Å². The second-order valence-corrected chi connectivity index (χ2v) is 4.75. The number of hydrogen-bond donors (Lipinski definition) is 2. The van der Waals surface area contributed by atoms with E-state index in [2.05, 4.69) is 10.3 Å². The molecule has 0 spiro atoms. The third kappa shape index (κ3) is 3.52. The zero-order chi connectivity index (χ0) is 13.0. The number of carboxylic acid groups (broad SMARTS) is 1. The highest BCUT2D eigenvalue weighted by molar-refractivity contribution is 7.09. The zero-order valence-corrected chi connectivity index (χ0v) is 10.9. The highest BCUT2D eigenvalue weighted by Gasteiger charge is 2.24. The van der Waals surface area contributed by atoms with Gasteiger partial charge >= 0.3 is 5.97 Å². The van der Waals surface area contributed by atoms with Crippen LogP contribution in [0.2, 0.25) is 0 Å². The molecule has 2 atom stereocenters. The van der Waals surface area contributed by atoms with Crippen LogP contribution in [0.25, 0.3) is 0 Å². The summed E-state index contributed by atoms with van der Waals surface area (Å²) in [6.07, 6.45) is 0.686. The summed E-state index contributed by atoms with van der Waals surface area (Å²) < 4.78 is 0. The Morgan fingerprint density at radius 2 is 2.24 bits per heavy atom. The predicted octanol–water partition coefficient (Wildman–Crippen LogP) is 1.74. The molecule has 6 heteroatoms. The molecule has 0 aliphatic carbocycles. The fourth-order valence-electron chi connectivity index (χ4n) is 1.28. The summed E-state index contributed by atoms with van der Waals surface area (Å²) in [6.45, 7) is 5.18. The van der Waals surface area contributed by atoms with Crippen LogP contribution in [0, 0.1) is 12.8 Å². The average molecular weight is 256 g/mol. The van der Waals surface area contributed by atoms with Gasteiger partial charge in [0.2, 0.25) is 5.91 Å². The summed E-state index contributed by atoms with van der Waals surface area (Å²) in [7, 11) is 0. The van der Waals surface area contributed by atoms with Crippen LogP contribution in [0.4, 0.5) is 0 Å². The summed E-state index contributed by atoms with van der Waals surface area (Å²) in [5, 5.41) is 14.2. The number of aromatic nitrogens is 1. The van der Waals surface area contributed by atoms with Crippen molar-refractivity contribution in [3.63, 3.8) is 0 Å². The lowest BCUT2D eigenvalue weighted by Crippen LogP contribution is -2.36. The summed E-state index contributed by atoms with van der Waals surface area (Å²) in [6, 6.07) is -0.206. The normalized spacial score (nSPS) is 14.1. The number of nitrogens with one attached hydrogen (secondary N) is 1. The second kappa shape index (κ2) is 5.77. The zero-order valence-electron chi connectivity index (χ0n) is 10.1. The average Bonchev–Trinajstić information content (AvgIpc) is 2.70. The quantitative estimate of drug-likeness (QED) is 0.786. The fraction of sp³-hybridized carbons (Fsp3) is 0.545. The molecule has 17 heavy (non-hydrogen) atoms. The highest BCUT2D eigenvalue weighted by Crippen LogP contribution is 2.21. The van der Waals surface area contributed by atoms with Crippen LogP contribution in [0.1, 0.15) is 37.0 Å². The van der Waals surface area contributed by atoms with Gasteiger partial charge in [-0.2, -0.15) is 0 Å². The Kier molecular flexibility index (Phi) is 4.62. The number of nitrogens with zero attached hydrogens (tertiary/aromatic N) is 1. The first kappa shape index (κ1) is 13.6. The molecule has 0 bridgehead atoms. The molecule has 0 saturated heterocycles. The summed E-state index contributed by atoms with van der Waals surface area (Å²) in [4.78, 5) is 26.6. The van der Waals surface area contributed by atoms with Crippen molar-refractivity contribution in [2.75, 3.05) is 0 Å². The lowest BCUT2D eigenvalue weighted by Gasteiger charge is -2.16. The van der Waals surface area contributed by atoms with Crippen LogP contribution in [-0.2, 0) is 9.59 Å². The number of aryl methyl sites for hydroxylation is 1. The molecule has 1 rings (SSSR count). The van der Waals surface area contributed by atoms with Crippen molar-refractivity contribution >= 4 is 23.2 Å². The maximum absolute atomic E-state index is 11.6. The second-order valence-electron chi connectivity index (χ2n) is 3.86. The minimum Gasteiger partial charge on any atom is -0.481 e. The van der Waals surface area contributed by atoms with Gasteiger partial charge in [0.1, 0.15) is 10.9 Å². The topological polar surface area (TPSA) is 79.3 Å². The van der Waals surface area contributed by atoms with Crippen LogP contribution >= 0.6 is 11.3 Å². The van der Waals surface area contributed by atoms with Crippen molar-refractivity contribution in [3.8, 4) is 0 Å². The van der Waals surface area contributed by atoms with Crippen molar-refractivity contribution in [1.82, 2.24) is 10.3 Å². The van der Waals surface area contributed by atoms with Crippen LogP contribution in [-0.4, -0.2) is 22.0 Å². The SMILES string of the molecule is CCC(NC(=O)C(C)C(=O)O)c1nc(C)cs1. The van der Waals surface area contributed by atoms with Crippen molar-refractivity contribution < 1.29 is 14.7 Å². The molecule has 0 fully saturated rings. The van der Waals surface area contributed by atoms with E-state index < -0.39 is 17.8 Å². The Labute approximate surface area is 104 Å². The van der Waals surface area contributed by atoms with Gasteiger partial charge in [0, 0.05) is 11.1 Å². The van der Waals surface area contributed by atoms with E-state index in [1.165, 1.54) is 18.3 Å². The largest absolute Gasteiger partial charge is 0.481 e. The van der Waals surface area contributed by atoms with Gasteiger partial charge < -0.3 is 10.4 Å². The van der Waals surface area contributed by atoms with Crippen LogP contribution < -0.4 is 5.32 Å². The number of aliphatic carboxylic acids is 1.